The Morgan fingerprint density at radius 1 is 1.47 bits per heavy atom. The van der Waals surface area contributed by atoms with Crippen LogP contribution >= 0.6 is 11.3 Å². The molecule has 1 heterocycles. The fraction of sp³-hybridized carbons (Fsp3) is 0.714. The molecule has 0 bridgehead atoms. The summed E-state index contributed by atoms with van der Waals surface area (Å²) in [5.74, 6) is 0. The summed E-state index contributed by atoms with van der Waals surface area (Å²) < 4.78 is 5.73. The molecule has 1 unspecified atom stereocenters. The SMILES string of the molecule is CC(C)(C)OCCNC1CCCc2sccc21. The monoisotopic (exact) mass is 253 g/mol. The highest BCUT2D eigenvalue weighted by molar-refractivity contribution is 7.10. The number of ether oxygens (including phenoxy) is 1. The second kappa shape index (κ2) is 5.51. The summed E-state index contributed by atoms with van der Waals surface area (Å²) in [6.45, 7) is 8.04. The van der Waals surface area contributed by atoms with Gasteiger partial charge in [-0.05, 0) is 57.0 Å². The smallest absolute Gasteiger partial charge is 0.0599 e. The second-order valence-electron chi connectivity index (χ2n) is 5.66. The van der Waals surface area contributed by atoms with Crippen molar-refractivity contribution in [2.75, 3.05) is 13.2 Å². The first-order valence-electron chi connectivity index (χ1n) is 6.50. The summed E-state index contributed by atoms with van der Waals surface area (Å²) in [7, 11) is 0. The Labute approximate surface area is 108 Å². The maximum Gasteiger partial charge on any atom is 0.0599 e. The fourth-order valence-electron chi connectivity index (χ4n) is 2.29. The minimum atomic E-state index is -0.0260. The molecule has 1 aliphatic carbocycles. The molecule has 2 rings (SSSR count). The molecule has 0 spiro atoms. The third kappa shape index (κ3) is 3.80. The van der Waals surface area contributed by atoms with Crippen molar-refractivity contribution in [3.63, 3.8) is 0 Å². The van der Waals surface area contributed by atoms with Crippen molar-refractivity contribution in [2.24, 2.45) is 0 Å². The number of fused-ring (bicyclic) bond motifs is 1. The summed E-state index contributed by atoms with van der Waals surface area (Å²) in [5, 5.41) is 5.84. The molecule has 96 valence electrons. The molecule has 2 nitrogen and oxygen atoms in total. The van der Waals surface area contributed by atoms with Crippen LogP contribution in [0.5, 0.6) is 0 Å². The first kappa shape index (κ1) is 13.1. The standard InChI is InChI=1S/C14H23NOS/c1-14(2,3)16-9-8-15-12-5-4-6-13-11(12)7-10-17-13/h7,10,12,15H,4-6,8-9H2,1-3H3. The van der Waals surface area contributed by atoms with Crippen LogP contribution < -0.4 is 5.32 Å². The van der Waals surface area contributed by atoms with E-state index >= 15 is 0 Å². The van der Waals surface area contributed by atoms with Gasteiger partial charge in [0, 0.05) is 17.5 Å². The zero-order chi connectivity index (χ0) is 12.3. The lowest BCUT2D eigenvalue weighted by Gasteiger charge is -2.25. The minimum Gasteiger partial charge on any atom is -0.375 e. The van der Waals surface area contributed by atoms with Crippen LogP contribution in [0.2, 0.25) is 0 Å². The van der Waals surface area contributed by atoms with Gasteiger partial charge in [-0.3, -0.25) is 0 Å². The number of thiophene rings is 1. The average Bonchev–Trinajstić information content (AvgIpc) is 2.71. The van der Waals surface area contributed by atoms with Crippen molar-refractivity contribution in [3.05, 3.63) is 21.9 Å². The normalized spacial score (nSPS) is 20.3. The van der Waals surface area contributed by atoms with Crippen LogP contribution in [-0.4, -0.2) is 18.8 Å². The van der Waals surface area contributed by atoms with Crippen LogP contribution in [0.25, 0.3) is 0 Å². The van der Waals surface area contributed by atoms with Crippen LogP contribution in [0.3, 0.4) is 0 Å². The quantitative estimate of drug-likeness (QED) is 0.829. The van der Waals surface area contributed by atoms with E-state index in [1.54, 1.807) is 4.88 Å². The average molecular weight is 253 g/mol. The molecule has 1 aromatic heterocycles. The first-order valence-corrected chi connectivity index (χ1v) is 7.38. The molecular weight excluding hydrogens is 230 g/mol. The first-order chi connectivity index (χ1) is 8.06. The number of hydrogen-bond acceptors (Lipinski definition) is 3. The zero-order valence-electron chi connectivity index (χ0n) is 11.1. The van der Waals surface area contributed by atoms with Gasteiger partial charge in [0.1, 0.15) is 0 Å². The highest BCUT2D eigenvalue weighted by Crippen LogP contribution is 2.32. The lowest BCUT2D eigenvalue weighted by Crippen LogP contribution is -2.30. The Morgan fingerprint density at radius 3 is 3.06 bits per heavy atom. The van der Waals surface area contributed by atoms with Crippen molar-refractivity contribution in [2.45, 2.75) is 51.7 Å². The molecule has 3 heteroatoms. The number of aryl methyl sites for hydroxylation is 1. The Hall–Kier alpha value is -0.380. The van der Waals surface area contributed by atoms with E-state index in [2.05, 4.69) is 37.5 Å². The molecule has 1 N–H and O–H groups in total. The van der Waals surface area contributed by atoms with Crippen molar-refractivity contribution < 1.29 is 4.74 Å². The van der Waals surface area contributed by atoms with Gasteiger partial charge in [-0.25, -0.2) is 0 Å². The van der Waals surface area contributed by atoms with E-state index in [4.69, 9.17) is 4.74 Å². The maximum absolute atomic E-state index is 5.73. The van der Waals surface area contributed by atoms with E-state index in [-0.39, 0.29) is 5.60 Å². The molecule has 0 aliphatic heterocycles. The zero-order valence-corrected chi connectivity index (χ0v) is 11.9. The summed E-state index contributed by atoms with van der Waals surface area (Å²) in [6, 6.07) is 2.83. The molecule has 17 heavy (non-hydrogen) atoms. The third-order valence-electron chi connectivity index (χ3n) is 3.08. The van der Waals surface area contributed by atoms with Gasteiger partial charge in [0.05, 0.1) is 12.2 Å². The third-order valence-corrected chi connectivity index (χ3v) is 4.08. The van der Waals surface area contributed by atoms with Crippen molar-refractivity contribution in [3.8, 4) is 0 Å². The van der Waals surface area contributed by atoms with E-state index in [1.807, 2.05) is 11.3 Å². The van der Waals surface area contributed by atoms with Crippen molar-refractivity contribution in [1.82, 2.24) is 5.32 Å². The lowest BCUT2D eigenvalue weighted by atomic mass is 9.94. The molecular formula is C14H23NOS. The predicted octanol–water partition coefficient (Wildman–Crippen LogP) is 3.53. The highest BCUT2D eigenvalue weighted by atomic mass is 32.1. The predicted molar refractivity (Wildman–Crippen MR) is 73.7 cm³/mol. The molecule has 0 fully saturated rings. The summed E-state index contributed by atoms with van der Waals surface area (Å²) in [6.07, 6.45) is 3.84. The number of hydrogen-bond donors (Lipinski definition) is 1. The topological polar surface area (TPSA) is 21.3 Å². The van der Waals surface area contributed by atoms with Gasteiger partial charge in [0.15, 0.2) is 0 Å². The lowest BCUT2D eigenvalue weighted by molar-refractivity contribution is -0.00178. The van der Waals surface area contributed by atoms with Gasteiger partial charge in [-0.1, -0.05) is 0 Å². The van der Waals surface area contributed by atoms with Gasteiger partial charge in [-0.15, -0.1) is 11.3 Å². The van der Waals surface area contributed by atoms with Gasteiger partial charge >= 0.3 is 0 Å². The van der Waals surface area contributed by atoms with Crippen LogP contribution in [0.1, 0.15) is 50.1 Å². The van der Waals surface area contributed by atoms with Crippen LogP contribution in [0.15, 0.2) is 11.4 Å². The molecule has 0 saturated heterocycles. The van der Waals surface area contributed by atoms with E-state index in [0.29, 0.717) is 6.04 Å². The Balaban J connectivity index is 1.78. The highest BCUT2D eigenvalue weighted by Gasteiger charge is 2.20. The van der Waals surface area contributed by atoms with E-state index in [1.165, 1.54) is 24.8 Å². The maximum atomic E-state index is 5.73. The molecule has 1 aromatic rings. The van der Waals surface area contributed by atoms with Crippen molar-refractivity contribution >= 4 is 11.3 Å². The Morgan fingerprint density at radius 2 is 2.29 bits per heavy atom. The van der Waals surface area contributed by atoms with Crippen LogP contribution in [0.4, 0.5) is 0 Å². The molecule has 0 radical (unpaired) electrons. The number of rotatable bonds is 4. The molecule has 1 atom stereocenters. The molecule has 1 aliphatic rings. The van der Waals surface area contributed by atoms with Gasteiger partial charge in [0.25, 0.3) is 0 Å². The van der Waals surface area contributed by atoms with Crippen LogP contribution in [0, 0.1) is 0 Å². The van der Waals surface area contributed by atoms with Gasteiger partial charge in [0.2, 0.25) is 0 Å². The Bertz CT molecular complexity index is 353. The molecule has 0 saturated carbocycles. The van der Waals surface area contributed by atoms with E-state index < -0.39 is 0 Å². The van der Waals surface area contributed by atoms with Crippen molar-refractivity contribution in [1.29, 1.82) is 0 Å². The minimum absolute atomic E-state index is 0.0260. The second-order valence-corrected chi connectivity index (χ2v) is 6.66. The Kier molecular flexibility index (Phi) is 4.23. The molecule has 0 amide bonds. The van der Waals surface area contributed by atoms with Crippen LogP contribution in [-0.2, 0) is 11.2 Å². The fourth-order valence-corrected chi connectivity index (χ4v) is 3.28. The largest absolute Gasteiger partial charge is 0.375 e. The summed E-state index contributed by atoms with van der Waals surface area (Å²) in [4.78, 5) is 1.57. The molecule has 0 aromatic carbocycles. The van der Waals surface area contributed by atoms with E-state index in [9.17, 15) is 0 Å². The van der Waals surface area contributed by atoms with Gasteiger partial charge < -0.3 is 10.1 Å². The summed E-state index contributed by atoms with van der Waals surface area (Å²) in [5.41, 5.74) is 1.50. The van der Waals surface area contributed by atoms with E-state index in [0.717, 1.165) is 13.2 Å². The summed E-state index contributed by atoms with van der Waals surface area (Å²) >= 11 is 1.90. The van der Waals surface area contributed by atoms with Gasteiger partial charge in [-0.2, -0.15) is 0 Å². The number of nitrogens with one attached hydrogen (secondary N) is 1.